The van der Waals surface area contributed by atoms with Gasteiger partial charge in [-0.25, -0.2) is 8.42 Å². The van der Waals surface area contributed by atoms with Crippen LogP contribution in [0, 0.1) is 6.92 Å². The molecule has 5 nitrogen and oxygen atoms in total. The fourth-order valence-corrected chi connectivity index (χ4v) is 4.21. The van der Waals surface area contributed by atoms with Crippen molar-refractivity contribution in [2.75, 3.05) is 5.32 Å². The van der Waals surface area contributed by atoms with Crippen molar-refractivity contribution < 1.29 is 13.2 Å². The Morgan fingerprint density at radius 3 is 2.64 bits per heavy atom. The van der Waals surface area contributed by atoms with Gasteiger partial charge in [-0.1, -0.05) is 17.7 Å². The lowest BCUT2D eigenvalue weighted by atomic mass is 10.2. The van der Waals surface area contributed by atoms with E-state index in [1.165, 1.54) is 13.0 Å². The van der Waals surface area contributed by atoms with Gasteiger partial charge in [-0.05, 0) is 49.1 Å². The van der Waals surface area contributed by atoms with E-state index in [-0.39, 0.29) is 4.21 Å². The highest BCUT2D eigenvalue weighted by atomic mass is 35.5. The molecule has 2 N–H and O–H groups in total. The fourth-order valence-electron chi connectivity index (χ4n) is 1.77. The molecular formula is C14H15ClN2O3S2. The van der Waals surface area contributed by atoms with Crippen molar-refractivity contribution in [3.8, 4) is 0 Å². The van der Waals surface area contributed by atoms with Crippen molar-refractivity contribution in [3.63, 3.8) is 0 Å². The normalized spacial score (nSPS) is 12.9. The van der Waals surface area contributed by atoms with E-state index in [1.54, 1.807) is 29.6 Å². The van der Waals surface area contributed by atoms with E-state index in [1.807, 2.05) is 6.92 Å². The first-order valence-corrected chi connectivity index (χ1v) is 9.16. The lowest BCUT2D eigenvalue weighted by Gasteiger charge is -2.15. The van der Waals surface area contributed by atoms with Gasteiger partial charge in [0.1, 0.15) is 4.21 Å². The van der Waals surface area contributed by atoms with Crippen molar-refractivity contribution in [1.29, 1.82) is 0 Å². The molecule has 118 valence electrons. The van der Waals surface area contributed by atoms with Gasteiger partial charge in [0, 0.05) is 10.7 Å². The maximum atomic E-state index is 12.1. The van der Waals surface area contributed by atoms with Crippen LogP contribution in [-0.4, -0.2) is 20.4 Å². The number of hydrogen-bond acceptors (Lipinski definition) is 4. The molecule has 8 heteroatoms. The molecule has 0 aliphatic heterocycles. The van der Waals surface area contributed by atoms with Crippen LogP contribution in [-0.2, 0) is 14.8 Å². The second-order valence-corrected chi connectivity index (χ2v) is 8.05. The molecule has 0 saturated heterocycles. The van der Waals surface area contributed by atoms with Crippen LogP contribution in [0.3, 0.4) is 0 Å². The summed E-state index contributed by atoms with van der Waals surface area (Å²) in [4.78, 5) is 12.1. The molecule has 1 atom stereocenters. The average Bonchev–Trinajstić information content (AvgIpc) is 2.96. The van der Waals surface area contributed by atoms with Crippen LogP contribution in [0.5, 0.6) is 0 Å². The van der Waals surface area contributed by atoms with E-state index in [2.05, 4.69) is 10.0 Å². The summed E-state index contributed by atoms with van der Waals surface area (Å²) < 4.78 is 26.7. The summed E-state index contributed by atoms with van der Waals surface area (Å²) in [5.74, 6) is -0.439. The minimum Gasteiger partial charge on any atom is -0.324 e. The highest BCUT2D eigenvalue weighted by Crippen LogP contribution is 2.20. The topological polar surface area (TPSA) is 75.3 Å². The zero-order valence-electron chi connectivity index (χ0n) is 12.0. The van der Waals surface area contributed by atoms with E-state index in [9.17, 15) is 13.2 Å². The molecule has 0 saturated carbocycles. The summed E-state index contributed by atoms with van der Waals surface area (Å²) in [6, 6.07) is 7.28. The second-order valence-electron chi connectivity index (χ2n) is 4.72. The number of carbonyl (C=O) groups is 1. The Morgan fingerprint density at radius 1 is 1.32 bits per heavy atom. The molecule has 0 spiro atoms. The van der Waals surface area contributed by atoms with E-state index in [0.29, 0.717) is 10.7 Å². The van der Waals surface area contributed by atoms with Gasteiger partial charge in [0.15, 0.2) is 0 Å². The summed E-state index contributed by atoms with van der Waals surface area (Å²) in [6.45, 7) is 3.30. The molecule has 22 heavy (non-hydrogen) atoms. The number of nitrogens with one attached hydrogen (secondary N) is 2. The van der Waals surface area contributed by atoms with Crippen molar-refractivity contribution in [3.05, 3.63) is 46.3 Å². The van der Waals surface area contributed by atoms with Crippen LogP contribution in [0.15, 0.2) is 39.9 Å². The highest BCUT2D eigenvalue weighted by molar-refractivity contribution is 7.91. The number of amides is 1. The molecular weight excluding hydrogens is 344 g/mol. The van der Waals surface area contributed by atoms with Crippen LogP contribution >= 0.6 is 22.9 Å². The van der Waals surface area contributed by atoms with Crippen molar-refractivity contribution >= 4 is 44.6 Å². The smallest absolute Gasteiger partial charge is 0.250 e. The van der Waals surface area contributed by atoms with Gasteiger partial charge in [0.05, 0.1) is 6.04 Å². The maximum Gasteiger partial charge on any atom is 0.250 e. The van der Waals surface area contributed by atoms with Crippen LogP contribution in [0.4, 0.5) is 5.69 Å². The number of rotatable bonds is 5. The number of carbonyl (C=O) groups excluding carboxylic acids is 1. The Balaban J connectivity index is 2.07. The third-order valence-corrected chi connectivity index (χ3v) is 6.10. The van der Waals surface area contributed by atoms with Crippen molar-refractivity contribution in [2.45, 2.75) is 24.1 Å². The Kier molecular flexibility index (Phi) is 5.23. The van der Waals surface area contributed by atoms with Gasteiger partial charge in [-0.2, -0.15) is 4.72 Å². The monoisotopic (exact) mass is 358 g/mol. The zero-order chi connectivity index (χ0) is 16.3. The lowest BCUT2D eigenvalue weighted by molar-refractivity contribution is -0.117. The maximum absolute atomic E-state index is 12.1. The summed E-state index contributed by atoms with van der Waals surface area (Å²) in [5, 5.41) is 4.92. The second kappa shape index (κ2) is 6.78. The number of aryl methyl sites for hydroxylation is 1. The minimum absolute atomic E-state index is 0.176. The molecule has 0 fully saturated rings. The van der Waals surface area contributed by atoms with E-state index < -0.39 is 22.0 Å². The number of benzene rings is 1. The van der Waals surface area contributed by atoms with Gasteiger partial charge < -0.3 is 5.32 Å². The van der Waals surface area contributed by atoms with Crippen molar-refractivity contribution in [1.82, 2.24) is 4.72 Å². The summed E-state index contributed by atoms with van der Waals surface area (Å²) in [6.07, 6.45) is 0. The van der Waals surface area contributed by atoms with Crippen LogP contribution in [0.25, 0.3) is 0 Å². The molecule has 0 aliphatic carbocycles. The van der Waals surface area contributed by atoms with Gasteiger partial charge in [-0.15, -0.1) is 11.3 Å². The van der Waals surface area contributed by atoms with Crippen molar-refractivity contribution in [2.24, 2.45) is 0 Å². The quantitative estimate of drug-likeness (QED) is 0.862. The Labute approximate surface area is 138 Å². The molecule has 2 rings (SSSR count). The number of anilines is 1. The summed E-state index contributed by atoms with van der Waals surface area (Å²) >= 11 is 6.95. The van der Waals surface area contributed by atoms with E-state index >= 15 is 0 Å². The predicted molar refractivity (Wildman–Crippen MR) is 88.9 cm³/mol. The zero-order valence-corrected chi connectivity index (χ0v) is 14.3. The Bertz CT molecular complexity index is 773. The SMILES string of the molecule is Cc1cc(Cl)ccc1NC(=O)C(C)NS(=O)(=O)c1cccs1. The lowest BCUT2D eigenvalue weighted by Crippen LogP contribution is -2.41. The molecule has 0 bridgehead atoms. The third-order valence-electron chi connectivity index (χ3n) is 2.93. The highest BCUT2D eigenvalue weighted by Gasteiger charge is 2.23. The van der Waals surface area contributed by atoms with Gasteiger partial charge in [-0.3, -0.25) is 4.79 Å². The van der Waals surface area contributed by atoms with E-state index in [0.717, 1.165) is 16.9 Å². The van der Waals surface area contributed by atoms with E-state index in [4.69, 9.17) is 11.6 Å². The third kappa shape index (κ3) is 4.07. The molecule has 2 aromatic rings. The predicted octanol–water partition coefficient (Wildman–Crippen LogP) is 3.02. The first kappa shape index (κ1) is 17.0. The van der Waals surface area contributed by atoms with Gasteiger partial charge >= 0.3 is 0 Å². The van der Waals surface area contributed by atoms with Crippen LogP contribution < -0.4 is 10.0 Å². The van der Waals surface area contributed by atoms with Crippen LogP contribution in [0.2, 0.25) is 5.02 Å². The molecule has 1 amide bonds. The number of sulfonamides is 1. The molecule has 1 heterocycles. The molecule has 1 aromatic heterocycles. The number of hydrogen-bond donors (Lipinski definition) is 2. The van der Waals surface area contributed by atoms with Gasteiger partial charge in [0.2, 0.25) is 5.91 Å². The first-order chi connectivity index (χ1) is 10.3. The van der Waals surface area contributed by atoms with Gasteiger partial charge in [0.25, 0.3) is 10.0 Å². The molecule has 0 aliphatic rings. The van der Waals surface area contributed by atoms with Crippen LogP contribution in [0.1, 0.15) is 12.5 Å². The average molecular weight is 359 g/mol. The summed E-state index contributed by atoms with van der Waals surface area (Å²) in [7, 11) is -3.68. The molecule has 1 unspecified atom stereocenters. The first-order valence-electron chi connectivity index (χ1n) is 6.42. The Hall–Kier alpha value is -1.41. The molecule has 1 aromatic carbocycles. The number of thiophene rings is 1. The summed E-state index contributed by atoms with van der Waals surface area (Å²) in [5.41, 5.74) is 1.39. The standard InChI is InChI=1S/C14H15ClN2O3S2/c1-9-8-11(15)5-6-12(9)16-14(18)10(2)17-22(19,20)13-4-3-7-21-13/h3-8,10,17H,1-2H3,(H,16,18). The Morgan fingerprint density at radius 2 is 2.05 bits per heavy atom. The fraction of sp³-hybridized carbons (Fsp3) is 0.214. The molecule has 0 radical (unpaired) electrons. The largest absolute Gasteiger partial charge is 0.324 e. The minimum atomic E-state index is -3.68. The number of halogens is 1.